The lowest BCUT2D eigenvalue weighted by atomic mass is 9.92. The number of ether oxygens (including phenoxy) is 1. The smallest absolute Gasteiger partial charge is 0.299 e. The number of benzene rings is 2. The minimum absolute atomic E-state index is 0.0883. The third kappa shape index (κ3) is 4.85. The fourth-order valence-electron chi connectivity index (χ4n) is 5.12. The highest BCUT2D eigenvalue weighted by molar-refractivity contribution is 7.90. The van der Waals surface area contributed by atoms with Crippen molar-refractivity contribution in [2.24, 2.45) is 5.92 Å². The summed E-state index contributed by atoms with van der Waals surface area (Å²) in [5.74, 6) is 1.58. The van der Waals surface area contributed by atoms with E-state index >= 15 is 0 Å². The van der Waals surface area contributed by atoms with Gasteiger partial charge in [0.1, 0.15) is 11.8 Å². The van der Waals surface area contributed by atoms with E-state index in [1.54, 1.807) is 24.4 Å². The van der Waals surface area contributed by atoms with Crippen molar-refractivity contribution in [1.82, 2.24) is 14.3 Å². The van der Waals surface area contributed by atoms with Crippen molar-refractivity contribution >= 4 is 26.8 Å². The predicted octanol–water partition coefficient (Wildman–Crippen LogP) is 6.14. The van der Waals surface area contributed by atoms with Crippen molar-refractivity contribution in [3.05, 3.63) is 72.4 Å². The van der Waals surface area contributed by atoms with E-state index in [4.69, 9.17) is 4.74 Å². The van der Waals surface area contributed by atoms with Gasteiger partial charge in [0, 0.05) is 41.5 Å². The van der Waals surface area contributed by atoms with Gasteiger partial charge in [0.25, 0.3) is 10.2 Å². The van der Waals surface area contributed by atoms with Gasteiger partial charge in [0.05, 0.1) is 16.8 Å². The molecule has 4 aromatic rings. The molecule has 9 heteroatoms. The third-order valence-corrected chi connectivity index (χ3v) is 8.65. The monoisotopic (exact) mass is 527 g/mol. The quantitative estimate of drug-likeness (QED) is 0.272. The van der Waals surface area contributed by atoms with E-state index in [0.717, 1.165) is 54.3 Å². The molecule has 0 saturated heterocycles. The number of fused-ring (bicyclic) bond motifs is 1. The van der Waals surface area contributed by atoms with Crippen LogP contribution in [-0.4, -0.2) is 24.0 Å². The van der Waals surface area contributed by atoms with Gasteiger partial charge in [0.2, 0.25) is 5.88 Å². The lowest BCUT2D eigenvalue weighted by molar-refractivity contribution is 0.324. The largest absolute Gasteiger partial charge is 0.439 e. The standard InChI is InChI=1S/C29H29N5O3S/c1-19(20-8-9-20)32-38(35,36)33-22-12-10-21(11-13-22)29-26(18-30)25-15-14-24(37-28-7-2-3-16-31-28)17-27(25)34(29)23-5-4-6-23/h2-3,7,10-17,19-20,23,32-33H,4-6,8-9H2,1H3/t19-/m0/s1. The molecule has 8 nitrogen and oxygen atoms in total. The average Bonchev–Trinajstić information content (AvgIpc) is 3.68. The first-order chi connectivity index (χ1) is 18.4. The predicted molar refractivity (Wildman–Crippen MR) is 147 cm³/mol. The van der Waals surface area contributed by atoms with Crippen molar-refractivity contribution in [3.8, 4) is 29.0 Å². The molecule has 2 saturated carbocycles. The molecule has 194 valence electrons. The Morgan fingerprint density at radius 3 is 2.50 bits per heavy atom. The number of nitriles is 1. The van der Waals surface area contributed by atoms with E-state index in [1.165, 1.54) is 0 Å². The Labute approximate surface area is 222 Å². The van der Waals surface area contributed by atoms with Crippen LogP contribution in [0.5, 0.6) is 11.6 Å². The SMILES string of the molecule is C[C@H](NS(=O)(=O)Nc1ccc(-c2c(C#N)c3ccc(Oc4ccccn4)cc3n2C2CCC2)cc1)C1CC1. The molecule has 38 heavy (non-hydrogen) atoms. The second-order valence-electron chi connectivity index (χ2n) is 10.2. The van der Waals surface area contributed by atoms with Crippen molar-refractivity contribution in [1.29, 1.82) is 5.26 Å². The number of nitrogens with one attached hydrogen (secondary N) is 2. The highest BCUT2D eigenvalue weighted by Gasteiger charge is 2.31. The van der Waals surface area contributed by atoms with Gasteiger partial charge in [-0.3, -0.25) is 4.72 Å². The van der Waals surface area contributed by atoms with Crippen LogP contribution in [0.1, 0.15) is 50.6 Å². The molecule has 0 unspecified atom stereocenters. The van der Waals surface area contributed by atoms with Gasteiger partial charge < -0.3 is 9.30 Å². The number of aromatic nitrogens is 2. The number of anilines is 1. The summed E-state index contributed by atoms with van der Waals surface area (Å²) in [5, 5.41) is 11.1. The summed E-state index contributed by atoms with van der Waals surface area (Å²) in [4.78, 5) is 4.25. The van der Waals surface area contributed by atoms with Gasteiger partial charge in [-0.05, 0) is 80.8 Å². The molecular formula is C29H29N5O3S. The van der Waals surface area contributed by atoms with Crippen LogP contribution in [0, 0.1) is 17.2 Å². The molecule has 0 amide bonds. The summed E-state index contributed by atoms with van der Waals surface area (Å²) in [6, 6.07) is 21.1. The van der Waals surface area contributed by atoms with Crippen LogP contribution in [0.4, 0.5) is 5.69 Å². The molecule has 2 N–H and O–H groups in total. The van der Waals surface area contributed by atoms with E-state index < -0.39 is 10.2 Å². The van der Waals surface area contributed by atoms with Crippen LogP contribution in [-0.2, 0) is 10.2 Å². The van der Waals surface area contributed by atoms with E-state index in [1.807, 2.05) is 49.4 Å². The van der Waals surface area contributed by atoms with Gasteiger partial charge in [-0.1, -0.05) is 18.2 Å². The molecule has 1 atom stereocenters. The molecule has 0 bridgehead atoms. The molecule has 2 aromatic carbocycles. The van der Waals surface area contributed by atoms with Crippen LogP contribution in [0.25, 0.3) is 22.2 Å². The Bertz CT molecular complexity index is 1620. The van der Waals surface area contributed by atoms with Crippen molar-refractivity contribution in [3.63, 3.8) is 0 Å². The number of hydrogen-bond donors (Lipinski definition) is 2. The molecular weight excluding hydrogens is 498 g/mol. The van der Waals surface area contributed by atoms with Crippen molar-refractivity contribution in [2.45, 2.75) is 51.1 Å². The van der Waals surface area contributed by atoms with Crippen LogP contribution in [0.3, 0.4) is 0 Å². The summed E-state index contributed by atoms with van der Waals surface area (Å²) in [7, 11) is -3.67. The van der Waals surface area contributed by atoms with Crippen LogP contribution < -0.4 is 14.2 Å². The molecule has 2 fully saturated rings. The minimum Gasteiger partial charge on any atom is -0.439 e. The fraction of sp³-hybridized carbons (Fsp3) is 0.310. The zero-order valence-corrected chi connectivity index (χ0v) is 21.9. The molecule has 2 aliphatic carbocycles. The molecule has 0 aliphatic heterocycles. The zero-order valence-electron chi connectivity index (χ0n) is 21.1. The minimum atomic E-state index is -3.67. The Morgan fingerprint density at radius 1 is 1.08 bits per heavy atom. The fourth-order valence-corrected chi connectivity index (χ4v) is 6.31. The summed E-state index contributed by atoms with van der Waals surface area (Å²) in [6.07, 6.45) is 7.02. The van der Waals surface area contributed by atoms with Crippen LogP contribution >= 0.6 is 0 Å². The lowest BCUT2D eigenvalue weighted by Crippen LogP contribution is -2.38. The zero-order chi connectivity index (χ0) is 26.3. The normalized spacial score (nSPS) is 16.5. The first-order valence-corrected chi connectivity index (χ1v) is 14.5. The van der Waals surface area contributed by atoms with E-state index in [9.17, 15) is 13.7 Å². The Balaban J connectivity index is 1.35. The maximum Gasteiger partial charge on any atom is 0.299 e. The van der Waals surface area contributed by atoms with Gasteiger partial charge >= 0.3 is 0 Å². The summed E-state index contributed by atoms with van der Waals surface area (Å²) >= 11 is 0. The number of hydrogen-bond acceptors (Lipinski definition) is 5. The summed E-state index contributed by atoms with van der Waals surface area (Å²) < 4.78 is 38.7. The Hall–Kier alpha value is -3.87. The lowest BCUT2D eigenvalue weighted by Gasteiger charge is -2.30. The molecule has 2 aromatic heterocycles. The van der Waals surface area contributed by atoms with E-state index in [0.29, 0.717) is 28.8 Å². The number of pyridine rings is 1. The van der Waals surface area contributed by atoms with Gasteiger partial charge in [0.15, 0.2) is 0 Å². The van der Waals surface area contributed by atoms with E-state index in [2.05, 4.69) is 25.1 Å². The second-order valence-corrected chi connectivity index (χ2v) is 11.6. The number of rotatable bonds is 9. The molecule has 0 spiro atoms. The van der Waals surface area contributed by atoms with Crippen LogP contribution in [0.2, 0.25) is 0 Å². The second kappa shape index (κ2) is 9.78. The number of nitrogens with zero attached hydrogens (tertiary/aromatic N) is 3. The van der Waals surface area contributed by atoms with Crippen molar-refractivity contribution < 1.29 is 13.2 Å². The van der Waals surface area contributed by atoms with Crippen molar-refractivity contribution in [2.75, 3.05) is 4.72 Å². The highest BCUT2D eigenvalue weighted by Crippen LogP contribution is 2.43. The molecule has 6 rings (SSSR count). The molecule has 2 aliphatic rings. The summed E-state index contributed by atoms with van der Waals surface area (Å²) in [6.45, 7) is 1.90. The highest BCUT2D eigenvalue weighted by atomic mass is 32.2. The van der Waals surface area contributed by atoms with Crippen LogP contribution in [0.15, 0.2) is 66.9 Å². The van der Waals surface area contributed by atoms with Gasteiger partial charge in [-0.15, -0.1) is 0 Å². The maximum atomic E-state index is 12.6. The maximum absolute atomic E-state index is 12.6. The van der Waals surface area contributed by atoms with Gasteiger partial charge in [-0.25, -0.2) is 4.98 Å². The first-order valence-electron chi connectivity index (χ1n) is 13.0. The first kappa shape index (κ1) is 24.5. The Kier molecular flexibility index (Phi) is 6.30. The topological polar surface area (TPSA) is 109 Å². The third-order valence-electron chi connectivity index (χ3n) is 7.47. The van der Waals surface area contributed by atoms with E-state index in [-0.39, 0.29) is 12.1 Å². The molecule has 2 heterocycles. The summed E-state index contributed by atoms with van der Waals surface area (Å²) in [5.41, 5.74) is 3.72. The molecule has 0 radical (unpaired) electrons. The average molecular weight is 528 g/mol. The van der Waals surface area contributed by atoms with Gasteiger partial charge in [-0.2, -0.15) is 18.4 Å². The Morgan fingerprint density at radius 2 is 1.87 bits per heavy atom.